The molecule has 0 fully saturated rings. The van der Waals surface area contributed by atoms with Crippen molar-refractivity contribution in [1.29, 1.82) is 0 Å². The highest BCUT2D eigenvalue weighted by molar-refractivity contribution is 4.25. The number of hydrazine groups is 1. The molecule has 0 amide bonds. The van der Waals surface area contributed by atoms with Crippen molar-refractivity contribution in [3.8, 4) is 0 Å². The van der Waals surface area contributed by atoms with Gasteiger partial charge in [0.2, 0.25) is 0 Å². The van der Waals surface area contributed by atoms with Crippen molar-refractivity contribution in [3.05, 3.63) is 20.2 Å². The number of hydrogen-bond acceptors (Lipinski definition) is 5. The number of rotatable bonds is 5. The van der Waals surface area contributed by atoms with Gasteiger partial charge in [0, 0.05) is 0 Å². The second-order valence-electron chi connectivity index (χ2n) is 1.22. The van der Waals surface area contributed by atoms with Gasteiger partial charge in [-0.25, -0.2) is 10.1 Å². The van der Waals surface area contributed by atoms with Crippen LogP contribution in [0.5, 0.6) is 0 Å². The van der Waals surface area contributed by atoms with Crippen LogP contribution < -0.4 is 5.43 Å². The summed E-state index contributed by atoms with van der Waals surface area (Å²) in [5, 5.41) is 17.1. The van der Waals surface area contributed by atoms with Gasteiger partial charge in [-0.05, 0) is 0 Å². The molecule has 0 aliphatic rings. The maximum Gasteiger partial charge on any atom is 0.294 e. The lowest BCUT2D eigenvalue weighted by Crippen LogP contribution is -2.26. The van der Waals surface area contributed by atoms with Crippen molar-refractivity contribution in [2.75, 3.05) is 13.2 Å². The zero-order valence-electron chi connectivity index (χ0n) is 4.85. The molecule has 0 bridgehead atoms. The van der Waals surface area contributed by atoms with Crippen molar-refractivity contribution >= 4 is 0 Å². The molecule has 0 radical (unpaired) electrons. The van der Waals surface area contributed by atoms with E-state index >= 15 is 0 Å². The Kier molecular flexibility index (Phi) is 3.61. The fraction of sp³-hybridized carbons (Fsp3) is 1.00. The lowest BCUT2D eigenvalue weighted by molar-refractivity contribution is -0.758. The highest BCUT2D eigenvalue weighted by Crippen LogP contribution is 1.71. The number of nitrogens with zero attached hydrogens (tertiary/aromatic N) is 2. The van der Waals surface area contributed by atoms with Crippen LogP contribution in [-0.4, -0.2) is 23.3 Å². The first-order chi connectivity index (χ1) is 4.63. The first-order valence-corrected chi connectivity index (χ1v) is 2.28. The molecule has 0 heterocycles. The number of hydrogen-bond donors (Lipinski definition) is 1. The predicted octanol–water partition coefficient (Wildman–Crippen LogP) is -1.02. The van der Waals surface area contributed by atoms with E-state index in [1.165, 1.54) is 0 Å². The zero-order valence-corrected chi connectivity index (χ0v) is 4.85. The van der Waals surface area contributed by atoms with E-state index in [1.54, 1.807) is 5.43 Å². The molecule has 0 spiro atoms. The molecule has 0 aromatic carbocycles. The second kappa shape index (κ2) is 4.30. The third-order valence-electron chi connectivity index (χ3n) is 0.540. The Morgan fingerprint density at radius 2 is 2.00 bits per heavy atom. The minimum atomic E-state index is -1.01. The molecule has 0 unspecified atom stereocenters. The second-order valence-corrected chi connectivity index (χ2v) is 1.22. The molecule has 0 aromatic heterocycles. The molecule has 0 saturated heterocycles. The maximum absolute atomic E-state index is 9.51. The minimum Gasteiger partial charge on any atom is -0.312 e. The van der Waals surface area contributed by atoms with E-state index < -0.39 is 10.1 Å². The lowest BCUT2D eigenvalue weighted by Gasteiger charge is -1.94. The first kappa shape index (κ1) is 8.40. The van der Waals surface area contributed by atoms with Crippen LogP contribution in [0.15, 0.2) is 0 Å². The van der Waals surface area contributed by atoms with Gasteiger partial charge < -0.3 is 4.84 Å². The monoisotopic (exact) mass is 151 g/mol. The zero-order chi connectivity index (χ0) is 7.98. The van der Waals surface area contributed by atoms with E-state index in [0.29, 0.717) is 0 Å². The van der Waals surface area contributed by atoms with Crippen molar-refractivity contribution < 1.29 is 15.0 Å². The molecule has 10 heavy (non-hydrogen) atoms. The molecule has 58 valence electrons. The van der Waals surface area contributed by atoms with Crippen molar-refractivity contribution in [1.82, 2.24) is 5.43 Å². The summed E-state index contributed by atoms with van der Waals surface area (Å²) < 4.78 is 0. The van der Waals surface area contributed by atoms with E-state index in [-0.39, 0.29) is 13.2 Å². The van der Waals surface area contributed by atoms with Crippen LogP contribution in [0.4, 0.5) is 0 Å². The number of nitro groups is 1. The quantitative estimate of drug-likeness (QED) is 0.306. The van der Waals surface area contributed by atoms with E-state index in [4.69, 9.17) is 0 Å². The molecule has 0 saturated carbocycles. The summed E-state index contributed by atoms with van der Waals surface area (Å²) in [5.41, 5.74) is 1.69. The van der Waals surface area contributed by atoms with Crippen LogP contribution in [-0.2, 0) is 4.84 Å². The van der Waals surface area contributed by atoms with Crippen molar-refractivity contribution in [2.24, 2.45) is 0 Å². The van der Waals surface area contributed by atoms with Gasteiger partial charge in [-0.1, -0.05) is 0 Å². The van der Waals surface area contributed by atoms with Gasteiger partial charge in [-0.3, -0.25) is 0 Å². The normalized spacial score (nSPS) is 8.40. The largest absolute Gasteiger partial charge is 0.312 e. The Morgan fingerprint density at radius 1 is 1.40 bits per heavy atom. The van der Waals surface area contributed by atoms with Crippen LogP contribution in [0.2, 0.25) is 0 Å². The van der Waals surface area contributed by atoms with Crippen LogP contribution in [0, 0.1) is 20.2 Å². The van der Waals surface area contributed by atoms with E-state index in [0.717, 1.165) is 0 Å². The van der Waals surface area contributed by atoms with Gasteiger partial charge in [0.05, 0.1) is 6.54 Å². The Bertz CT molecular complexity index is 119. The molecule has 0 rings (SSSR count). The highest BCUT2D eigenvalue weighted by atomic mass is 16.9. The first-order valence-electron chi connectivity index (χ1n) is 2.28. The third kappa shape index (κ3) is 6.40. The molecule has 0 aliphatic carbocycles. The summed E-state index contributed by atoms with van der Waals surface area (Å²) in [6.45, 7) is -0.512. The molecule has 0 atom stereocenters. The molecular formula is C2H5N3O5. The molecule has 8 heteroatoms. The molecule has 8 nitrogen and oxygen atoms in total. The summed E-state index contributed by atoms with van der Waals surface area (Å²) in [6.07, 6.45) is 0. The van der Waals surface area contributed by atoms with Crippen molar-refractivity contribution in [3.63, 3.8) is 0 Å². The van der Waals surface area contributed by atoms with Crippen LogP contribution in [0.3, 0.4) is 0 Å². The summed E-state index contributed by atoms with van der Waals surface area (Å²) in [4.78, 5) is 22.7. The van der Waals surface area contributed by atoms with Crippen LogP contribution in [0.25, 0.3) is 0 Å². The Morgan fingerprint density at radius 3 is 2.40 bits per heavy atom. The fourth-order valence-corrected chi connectivity index (χ4v) is 0.257. The van der Waals surface area contributed by atoms with Gasteiger partial charge in [0.1, 0.15) is 6.61 Å². The summed E-state index contributed by atoms with van der Waals surface area (Å²) in [7, 11) is 0. The summed E-state index contributed by atoms with van der Waals surface area (Å²) in [6, 6.07) is 0. The molecule has 0 aromatic rings. The van der Waals surface area contributed by atoms with Gasteiger partial charge in [0.15, 0.2) is 5.03 Å². The van der Waals surface area contributed by atoms with Crippen molar-refractivity contribution in [2.45, 2.75) is 0 Å². The number of nitrogens with one attached hydrogen (secondary N) is 1. The van der Waals surface area contributed by atoms with Crippen LogP contribution in [0.1, 0.15) is 0 Å². The van der Waals surface area contributed by atoms with Crippen LogP contribution >= 0.6 is 0 Å². The summed E-state index contributed by atoms with van der Waals surface area (Å²) >= 11 is 0. The Balaban J connectivity index is 3.06. The van der Waals surface area contributed by atoms with E-state index in [9.17, 15) is 20.2 Å². The maximum atomic E-state index is 9.51. The molecular weight excluding hydrogens is 146 g/mol. The molecule has 1 N–H and O–H groups in total. The Hall–Kier alpha value is -1.60. The average molecular weight is 151 g/mol. The van der Waals surface area contributed by atoms with Gasteiger partial charge in [0.25, 0.3) is 5.09 Å². The van der Waals surface area contributed by atoms with Gasteiger partial charge in [-0.15, -0.1) is 15.5 Å². The van der Waals surface area contributed by atoms with Gasteiger partial charge in [-0.2, -0.15) is 0 Å². The predicted molar refractivity (Wildman–Crippen MR) is 27.9 cm³/mol. The third-order valence-corrected chi connectivity index (χ3v) is 0.540. The topological polar surface area (TPSA) is 108 Å². The molecule has 0 aliphatic heterocycles. The van der Waals surface area contributed by atoms with E-state index in [1.807, 2.05) is 0 Å². The lowest BCUT2D eigenvalue weighted by atomic mass is 10.7. The fourth-order valence-electron chi connectivity index (χ4n) is 0.257. The SMILES string of the molecule is O=[N+]([O-])NCCO[N+](=O)[O-]. The average Bonchev–Trinajstić information content (AvgIpc) is 1.79. The van der Waals surface area contributed by atoms with Gasteiger partial charge >= 0.3 is 0 Å². The summed E-state index contributed by atoms with van der Waals surface area (Å²) in [5.74, 6) is 0. The Labute approximate surface area is 55.0 Å². The minimum absolute atomic E-state index is 0.187. The smallest absolute Gasteiger partial charge is 0.294 e. The highest BCUT2D eigenvalue weighted by Gasteiger charge is 1.96. The standard InChI is InChI=1S/C2H5N3O5/c6-4(7)3-1-2-10-5(8)9/h3H,1-2H2. The van der Waals surface area contributed by atoms with E-state index in [2.05, 4.69) is 4.84 Å².